The Morgan fingerprint density at radius 3 is 0.828 bits per heavy atom. The number of ether oxygens (including phenoxy) is 1. The molecule has 1 fully saturated rings. The predicted molar refractivity (Wildman–Crippen MR) is 510 cm³/mol. The molecular weight excluding hydrogens is 1890 g/mol. The highest BCUT2D eigenvalue weighted by Crippen LogP contribution is 2.37. The summed E-state index contributed by atoms with van der Waals surface area (Å²) in [5, 5.41) is 47.9. The van der Waals surface area contributed by atoms with Gasteiger partial charge in [-0.05, 0) is 146 Å². The molecule has 4 aromatic heterocycles. The Hall–Kier alpha value is -12.6. The molecule has 0 atom stereocenters. The van der Waals surface area contributed by atoms with Gasteiger partial charge in [0.15, 0.2) is 0 Å². The van der Waals surface area contributed by atoms with Crippen LogP contribution in [0.25, 0.3) is 0 Å². The number of aliphatic imine (C=N–C) groups is 1. The average molecular weight is 1960 g/mol. The van der Waals surface area contributed by atoms with E-state index in [9.17, 15) is 38.4 Å². The zero-order valence-electron chi connectivity index (χ0n) is 66.6. The maximum atomic E-state index is 13.0. The van der Waals surface area contributed by atoms with E-state index in [1.807, 2.05) is 4.90 Å². The molecule has 1 aliphatic heterocycles. The number of carbonyl (C=O) groups is 8. The average Bonchev–Trinajstić information content (AvgIpc) is 0.817. The molecule has 0 spiro atoms. The van der Waals surface area contributed by atoms with Gasteiger partial charge >= 0.3 is 0 Å². The smallest absolute Gasteiger partial charge is 0.259 e. The predicted octanol–water partition coefficient (Wildman–Crippen LogP) is 20.3. The number of pyridine rings is 4. The first kappa shape index (κ1) is 97.6. The van der Waals surface area contributed by atoms with Gasteiger partial charge in [0, 0.05) is 124 Å². The fourth-order valence-corrected chi connectivity index (χ4v) is 13.9. The van der Waals surface area contributed by atoms with Crippen molar-refractivity contribution in [3.05, 3.63) is 346 Å². The first-order valence-electron chi connectivity index (χ1n) is 37.1. The normalized spacial score (nSPS) is 11.4. The van der Waals surface area contributed by atoms with Gasteiger partial charge in [-0.25, -0.2) is 19.9 Å². The number of nitrogens with zero attached hydrogens (tertiary/aromatic N) is 7. The van der Waals surface area contributed by atoms with Gasteiger partial charge in [0.1, 0.15) is 46.6 Å². The molecule has 654 valence electrons. The number of rotatable bonds is 20. The highest BCUT2D eigenvalue weighted by atomic mass is 35.5. The Labute approximate surface area is 790 Å². The van der Waals surface area contributed by atoms with Crippen LogP contribution in [0, 0.1) is 16.2 Å². The minimum atomic E-state index is -0.573. The molecule has 0 unspecified atom stereocenters. The summed E-state index contributed by atoms with van der Waals surface area (Å²) in [5.74, 6) is -2.19. The van der Waals surface area contributed by atoms with E-state index in [0.29, 0.717) is 103 Å². The molecule has 5 heterocycles. The molecular formula is C87H68Cl12N20O9. The summed E-state index contributed by atoms with van der Waals surface area (Å²) in [6.45, 7) is 2.45. The largest absolute Gasteiger partial charge is 0.384 e. The standard InChI is InChI=1S/C24H20Cl3N5O3.C22H18Cl3N5O2.C21H16Cl3N5O2.C20H14Cl3N5O2/c25-16-5-6-20(29-13-16)30-24(34)18-11-17(26)12-19(27)21(18)31-23(33)15-3-1-14(2-4-15)22(28)32-7-9-35-10-8-32;1-30(2)20(26)12-3-5-13(6-4-12)21(31)29-19-16(9-15(24)10-17(19)25)22(32)28-18-8-7-14(23)11-27-18;1-26-19(25)11-2-4-12(5-3-11)20(30)29-18-15(8-14(23)9-16(18)24)21(31)28-17-7-6-13(22)10-27-17;21-12-5-6-16(26-9-12)27-20(30)14-7-13(22)8-15(23)17(14)28-19(29)11-3-1-10(2-4-11)18(24)25/h1-6,11-13,28H,7-10H2,(H,31,33)(H,29,30,34);3-11,26H,1-2H3,(H,29,31)(H,27,28,32);2-10H,1H3,(H2,25,26)(H,29,30)(H,27,28,31);1-9H,(H3,24,25)(H,28,29)(H,26,27,30). The second-order valence-electron chi connectivity index (χ2n) is 26.8. The number of anilines is 8. The van der Waals surface area contributed by atoms with Crippen molar-refractivity contribution >= 4 is 256 Å². The van der Waals surface area contributed by atoms with E-state index in [0.717, 1.165) is 0 Å². The van der Waals surface area contributed by atoms with Crippen LogP contribution < -0.4 is 54.0 Å². The number of morpholine rings is 1. The van der Waals surface area contributed by atoms with Crippen LogP contribution in [0.3, 0.4) is 0 Å². The molecule has 1 aliphatic rings. The highest BCUT2D eigenvalue weighted by molar-refractivity contribution is 6.42. The summed E-state index contributed by atoms with van der Waals surface area (Å²) in [6.07, 6.45) is 5.57. The van der Waals surface area contributed by atoms with Gasteiger partial charge in [-0.2, -0.15) is 0 Å². The van der Waals surface area contributed by atoms with Gasteiger partial charge in [0.25, 0.3) is 47.3 Å². The number of carbonyl (C=O) groups excluding carboxylic acids is 8. The van der Waals surface area contributed by atoms with Crippen molar-refractivity contribution in [1.82, 2.24) is 29.7 Å². The van der Waals surface area contributed by atoms with Gasteiger partial charge in [-0.1, -0.05) is 188 Å². The molecule has 41 heteroatoms. The first-order chi connectivity index (χ1) is 61.0. The van der Waals surface area contributed by atoms with E-state index < -0.39 is 47.3 Å². The molecule has 0 bridgehead atoms. The van der Waals surface area contributed by atoms with Crippen molar-refractivity contribution in [1.29, 1.82) is 16.2 Å². The molecule has 0 saturated carbocycles. The third-order valence-corrected chi connectivity index (χ3v) is 20.7. The van der Waals surface area contributed by atoms with Crippen molar-refractivity contribution in [3.63, 3.8) is 0 Å². The van der Waals surface area contributed by atoms with Crippen LogP contribution in [0.2, 0.25) is 60.3 Å². The van der Waals surface area contributed by atoms with Gasteiger partial charge in [-0.15, -0.1) is 0 Å². The van der Waals surface area contributed by atoms with E-state index in [4.69, 9.17) is 172 Å². The summed E-state index contributed by atoms with van der Waals surface area (Å²) in [5.41, 5.74) is 15.7. The number of amides is 8. The molecule has 128 heavy (non-hydrogen) atoms. The summed E-state index contributed by atoms with van der Waals surface area (Å²) in [4.78, 5) is 126. The van der Waals surface area contributed by atoms with E-state index >= 15 is 0 Å². The molecule has 0 aliphatic carbocycles. The lowest BCUT2D eigenvalue weighted by molar-refractivity contribution is 0.0680. The highest BCUT2D eigenvalue weighted by Gasteiger charge is 2.26. The number of hydrogen-bond donors (Lipinski definition) is 13. The van der Waals surface area contributed by atoms with E-state index in [2.05, 4.69) is 67.5 Å². The molecule has 0 radical (unpaired) electrons. The molecule has 13 rings (SSSR count). The fraction of sp³-hybridized carbons (Fsp3) is 0.0805. The Kier molecular flexibility index (Phi) is 34.9. The van der Waals surface area contributed by atoms with Crippen LogP contribution in [-0.4, -0.2) is 148 Å². The second-order valence-corrected chi connectivity index (χ2v) is 32.0. The molecule has 15 N–H and O–H groups in total. The topological polar surface area (TPSA) is 436 Å². The van der Waals surface area contributed by atoms with E-state index in [-0.39, 0.29) is 120 Å². The Morgan fingerprint density at radius 1 is 0.336 bits per heavy atom. The van der Waals surface area contributed by atoms with Crippen molar-refractivity contribution in [2.24, 2.45) is 16.5 Å². The summed E-state index contributed by atoms with van der Waals surface area (Å²) in [7, 11) is 5.10. The second kappa shape index (κ2) is 45.7. The number of halogens is 12. The van der Waals surface area contributed by atoms with Crippen LogP contribution in [-0.2, 0) is 4.74 Å². The SMILES string of the molecule is CN(C)C(=N)c1ccc(C(=O)Nc2c(Cl)cc(Cl)cc2C(=O)Nc2ccc(Cl)cn2)cc1.CN=C(N)c1ccc(C(=O)Nc2c(Cl)cc(Cl)cc2C(=O)Nc2ccc(Cl)cn2)cc1.N=C(N)c1ccc(C(=O)Nc2c(Cl)cc(Cl)cc2C(=O)Nc2ccc(Cl)cn2)cc1.N=C(c1ccc(C(=O)Nc2c(Cl)cc(Cl)cc2C(=O)Nc2ccc(Cl)cn2)cc1)N1CCOCC1. The number of nitrogens with two attached hydrogens (primary N) is 2. The maximum absolute atomic E-state index is 13.0. The Morgan fingerprint density at radius 2 is 0.586 bits per heavy atom. The number of aromatic nitrogens is 4. The number of nitrogen functional groups attached to an aromatic ring is 1. The number of nitrogens with one attached hydrogen (secondary N) is 11. The third-order valence-electron chi connectivity index (χ3n) is 17.8. The number of benzene rings is 8. The summed E-state index contributed by atoms with van der Waals surface area (Å²) in [6, 6.07) is 49.5. The number of amidine groups is 4. The van der Waals surface area contributed by atoms with Crippen LogP contribution >= 0.6 is 139 Å². The maximum Gasteiger partial charge on any atom is 0.259 e. The molecule has 29 nitrogen and oxygen atoms in total. The lowest BCUT2D eigenvalue weighted by Crippen LogP contribution is -2.40. The van der Waals surface area contributed by atoms with Gasteiger partial charge in [-0.3, -0.25) is 59.6 Å². The van der Waals surface area contributed by atoms with E-state index in [1.54, 1.807) is 141 Å². The minimum absolute atomic E-state index is 0.0537. The van der Waals surface area contributed by atoms with Gasteiger partial charge in [0.05, 0.1) is 98.4 Å². The molecule has 1 saturated heterocycles. The van der Waals surface area contributed by atoms with Crippen molar-refractivity contribution in [2.45, 2.75) is 0 Å². The zero-order chi connectivity index (χ0) is 92.7. The first-order valence-corrected chi connectivity index (χ1v) is 41.6. The van der Waals surface area contributed by atoms with Crippen molar-refractivity contribution < 1.29 is 43.1 Å². The quantitative estimate of drug-likeness (QED) is 0.0249. The fourth-order valence-electron chi connectivity index (χ4n) is 11.3. The Bertz CT molecular complexity index is 6250. The van der Waals surface area contributed by atoms with Crippen LogP contribution in [0.5, 0.6) is 0 Å². The minimum Gasteiger partial charge on any atom is -0.384 e. The zero-order valence-corrected chi connectivity index (χ0v) is 75.7. The molecule has 12 aromatic rings. The third kappa shape index (κ3) is 27.2. The monoisotopic (exact) mass is 1960 g/mol. The van der Waals surface area contributed by atoms with Crippen LogP contribution in [0.15, 0.2) is 224 Å². The van der Waals surface area contributed by atoms with E-state index in [1.165, 1.54) is 104 Å². The summed E-state index contributed by atoms with van der Waals surface area (Å²) < 4.78 is 5.33. The Balaban J connectivity index is 0.000000178. The van der Waals surface area contributed by atoms with Crippen molar-refractivity contribution in [2.75, 3.05) is 90.0 Å². The lowest BCUT2D eigenvalue weighted by Gasteiger charge is -2.29. The van der Waals surface area contributed by atoms with Gasteiger partial charge < -0.3 is 68.5 Å². The lowest BCUT2D eigenvalue weighted by atomic mass is 10.1. The molecule has 8 aromatic carbocycles. The van der Waals surface area contributed by atoms with Crippen molar-refractivity contribution in [3.8, 4) is 0 Å². The number of hydrogen-bond acceptors (Lipinski definition) is 17. The van der Waals surface area contributed by atoms with Crippen LogP contribution in [0.1, 0.15) is 105 Å². The van der Waals surface area contributed by atoms with Gasteiger partial charge in [0.2, 0.25) is 0 Å². The molecule has 8 amide bonds. The van der Waals surface area contributed by atoms with Crippen LogP contribution in [0.4, 0.5) is 46.0 Å². The summed E-state index contributed by atoms with van der Waals surface area (Å²) >= 11 is 72.7.